The van der Waals surface area contributed by atoms with Gasteiger partial charge in [0.25, 0.3) is 0 Å². The summed E-state index contributed by atoms with van der Waals surface area (Å²) >= 11 is 0. The van der Waals surface area contributed by atoms with Crippen LogP contribution >= 0.6 is 0 Å². The molecule has 1 atom stereocenters. The number of allylic oxidation sites excluding steroid dienone is 3. The van der Waals surface area contributed by atoms with Gasteiger partial charge in [0, 0.05) is 0 Å². The molecule has 0 radical (unpaired) electrons. The first-order valence-electron chi connectivity index (χ1n) is 8.04. The monoisotopic (exact) mass is 376 g/mol. The van der Waals surface area contributed by atoms with Crippen molar-refractivity contribution < 1.29 is 19.1 Å². The van der Waals surface area contributed by atoms with Crippen LogP contribution in [0.2, 0.25) is 0 Å². The Balaban J connectivity index is 2.99. The van der Waals surface area contributed by atoms with Crippen LogP contribution in [0.5, 0.6) is 0 Å². The van der Waals surface area contributed by atoms with Crippen molar-refractivity contribution in [2.24, 2.45) is 16.6 Å². The first-order chi connectivity index (χ1) is 13.4. The lowest BCUT2D eigenvalue weighted by Gasteiger charge is -2.41. The highest BCUT2D eigenvalue weighted by Crippen LogP contribution is 2.54. The van der Waals surface area contributed by atoms with E-state index < -0.39 is 34.9 Å². The summed E-state index contributed by atoms with van der Waals surface area (Å²) in [7, 11) is 2.18. The topological polar surface area (TPSA) is 150 Å². The van der Waals surface area contributed by atoms with Crippen molar-refractivity contribution in [1.82, 2.24) is 0 Å². The molecule has 1 unspecified atom stereocenters. The fourth-order valence-electron chi connectivity index (χ4n) is 3.26. The van der Waals surface area contributed by atoms with Crippen LogP contribution in [0.15, 0.2) is 47.7 Å². The third-order valence-electron chi connectivity index (χ3n) is 4.74. The molecular formula is C20H16N4O4. The molecule has 0 aliphatic heterocycles. The zero-order valence-corrected chi connectivity index (χ0v) is 15.2. The van der Waals surface area contributed by atoms with Gasteiger partial charge in [0.15, 0.2) is 0 Å². The molecule has 8 nitrogen and oxygen atoms in total. The number of esters is 2. The summed E-state index contributed by atoms with van der Waals surface area (Å²) in [6.07, 6.45) is 0.569. The van der Waals surface area contributed by atoms with E-state index in [1.165, 1.54) is 6.08 Å². The van der Waals surface area contributed by atoms with E-state index in [1.807, 2.05) is 6.07 Å². The lowest BCUT2D eigenvalue weighted by atomic mass is 9.56. The van der Waals surface area contributed by atoms with E-state index >= 15 is 0 Å². The van der Waals surface area contributed by atoms with Crippen LogP contribution in [0.4, 0.5) is 0 Å². The summed E-state index contributed by atoms with van der Waals surface area (Å²) in [4.78, 5) is 25.0. The van der Waals surface area contributed by atoms with Gasteiger partial charge < -0.3 is 15.2 Å². The number of carbonyl (C=O) groups excluding carboxylic acids is 2. The quantitative estimate of drug-likeness (QED) is 0.778. The summed E-state index contributed by atoms with van der Waals surface area (Å²) in [6.45, 7) is 0. The Morgan fingerprint density at radius 1 is 1.07 bits per heavy atom. The second kappa shape index (κ2) is 7.65. The molecule has 0 amide bonds. The smallest absolute Gasteiger partial charge is 0.319 e. The van der Waals surface area contributed by atoms with Gasteiger partial charge in [-0.15, -0.1) is 0 Å². The number of nitrogens with zero attached hydrogens (tertiary/aromatic N) is 3. The molecule has 1 aliphatic carbocycles. The van der Waals surface area contributed by atoms with Crippen LogP contribution in [0.25, 0.3) is 5.57 Å². The summed E-state index contributed by atoms with van der Waals surface area (Å²) in [6, 6.07) is 13.9. The molecule has 0 heterocycles. The van der Waals surface area contributed by atoms with Gasteiger partial charge in [0.05, 0.1) is 44.0 Å². The molecule has 2 N–H and O–H groups in total. The van der Waals surface area contributed by atoms with E-state index in [4.69, 9.17) is 10.5 Å². The number of nitriles is 3. The van der Waals surface area contributed by atoms with Crippen molar-refractivity contribution in [2.45, 2.75) is 6.42 Å². The van der Waals surface area contributed by atoms with Crippen molar-refractivity contribution in [3.63, 3.8) is 0 Å². The van der Waals surface area contributed by atoms with E-state index in [-0.39, 0.29) is 11.1 Å². The lowest BCUT2D eigenvalue weighted by molar-refractivity contribution is -0.159. The maximum atomic E-state index is 12.9. The van der Waals surface area contributed by atoms with E-state index in [2.05, 4.69) is 4.74 Å². The summed E-state index contributed by atoms with van der Waals surface area (Å²) < 4.78 is 9.51. The number of carbonyl (C=O) groups is 2. The fourth-order valence-corrected chi connectivity index (χ4v) is 3.26. The van der Waals surface area contributed by atoms with Crippen LogP contribution < -0.4 is 5.73 Å². The summed E-state index contributed by atoms with van der Waals surface area (Å²) in [5.41, 5.74) is 1.87. The Kier molecular flexibility index (Phi) is 5.53. The molecule has 0 fully saturated rings. The predicted molar refractivity (Wildman–Crippen MR) is 96.0 cm³/mol. The lowest BCUT2D eigenvalue weighted by Crippen LogP contribution is -2.52. The molecule has 0 saturated carbocycles. The van der Waals surface area contributed by atoms with Crippen molar-refractivity contribution in [3.8, 4) is 18.2 Å². The molecule has 2 rings (SSSR count). The molecule has 0 saturated heterocycles. The van der Waals surface area contributed by atoms with Gasteiger partial charge in [0.2, 0.25) is 5.41 Å². The number of hydrogen-bond acceptors (Lipinski definition) is 8. The van der Waals surface area contributed by atoms with E-state index in [0.717, 1.165) is 14.2 Å². The van der Waals surface area contributed by atoms with E-state index in [9.17, 15) is 25.4 Å². The maximum Gasteiger partial charge on any atom is 0.319 e. The zero-order chi connectivity index (χ0) is 20.9. The van der Waals surface area contributed by atoms with Gasteiger partial charge in [-0.3, -0.25) is 9.59 Å². The van der Waals surface area contributed by atoms with Crippen molar-refractivity contribution in [2.75, 3.05) is 14.2 Å². The minimum atomic E-state index is -2.34. The molecular weight excluding hydrogens is 360 g/mol. The molecule has 1 aromatic carbocycles. The number of hydrogen-bond donors (Lipinski definition) is 1. The Labute approximate surface area is 161 Å². The van der Waals surface area contributed by atoms with E-state index in [1.54, 1.807) is 42.5 Å². The first kappa shape index (κ1) is 20.2. The van der Waals surface area contributed by atoms with E-state index in [0.29, 0.717) is 5.56 Å². The number of nitrogens with two attached hydrogens (primary N) is 1. The van der Waals surface area contributed by atoms with Crippen molar-refractivity contribution >= 4 is 17.5 Å². The largest absolute Gasteiger partial charge is 0.469 e. The second-order valence-electron chi connectivity index (χ2n) is 6.01. The van der Waals surface area contributed by atoms with Crippen LogP contribution in [-0.2, 0) is 19.1 Å². The van der Waals surface area contributed by atoms with Gasteiger partial charge in [-0.2, -0.15) is 15.8 Å². The number of benzene rings is 1. The molecule has 140 valence electrons. The highest BCUT2D eigenvalue weighted by atomic mass is 16.5. The second-order valence-corrected chi connectivity index (χ2v) is 6.01. The molecule has 1 aliphatic rings. The molecule has 1 aromatic rings. The highest BCUT2D eigenvalue weighted by molar-refractivity contribution is 5.96. The van der Waals surface area contributed by atoms with Gasteiger partial charge >= 0.3 is 11.9 Å². The minimum Gasteiger partial charge on any atom is -0.469 e. The highest BCUT2D eigenvalue weighted by Gasteiger charge is 2.63. The zero-order valence-electron chi connectivity index (χ0n) is 15.2. The van der Waals surface area contributed by atoms with Crippen molar-refractivity contribution in [3.05, 3.63) is 53.2 Å². The third kappa shape index (κ3) is 2.76. The van der Waals surface area contributed by atoms with Crippen LogP contribution in [-0.4, -0.2) is 26.2 Å². The Morgan fingerprint density at radius 3 is 2.14 bits per heavy atom. The number of methoxy groups -OCH3 is 2. The fraction of sp³-hybridized carbons (Fsp3) is 0.250. The average Bonchev–Trinajstić information content (AvgIpc) is 2.73. The standard InChI is InChI=1S/C20H16N4O4/c1-27-16(25)9-19(18(26)28-2)8-14(13-6-4-3-5-7-13)15(10-21)17(24)20(19,11-22)12-23/h3-8H,9,24H2,1-2H3. The SMILES string of the molecule is COC(=O)CC1(C(=O)OC)C=C(c2ccccc2)C(C#N)=C(N)C1(C#N)C#N. The molecule has 0 spiro atoms. The van der Waals surface area contributed by atoms with Crippen LogP contribution in [0, 0.1) is 44.8 Å². The number of rotatable bonds is 4. The molecule has 0 bridgehead atoms. The molecule has 8 heteroatoms. The summed E-state index contributed by atoms with van der Waals surface area (Å²) in [5, 5.41) is 29.4. The van der Waals surface area contributed by atoms with Gasteiger partial charge in [-0.1, -0.05) is 36.4 Å². The van der Waals surface area contributed by atoms with Crippen LogP contribution in [0.3, 0.4) is 0 Å². The molecule has 0 aromatic heterocycles. The minimum absolute atomic E-state index is 0.126. The Bertz CT molecular complexity index is 991. The number of ether oxygens (including phenoxy) is 2. The van der Waals surface area contributed by atoms with Crippen LogP contribution in [0.1, 0.15) is 12.0 Å². The Hall–Kier alpha value is -4.09. The van der Waals surface area contributed by atoms with Gasteiger partial charge in [-0.25, -0.2) is 0 Å². The van der Waals surface area contributed by atoms with Gasteiger partial charge in [-0.05, 0) is 11.1 Å². The predicted octanol–water partition coefficient (Wildman–Crippen LogP) is 1.58. The average molecular weight is 376 g/mol. The van der Waals surface area contributed by atoms with Crippen molar-refractivity contribution in [1.29, 1.82) is 15.8 Å². The first-order valence-corrected chi connectivity index (χ1v) is 8.04. The summed E-state index contributed by atoms with van der Waals surface area (Å²) in [5.74, 6) is -1.87. The van der Waals surface area contributed by atoms with Gasteiger partial charge in [0.1, 0.15) is 11.5 Å². The molecule has 28 heavy (non-hydrogen) atoms. The normalized spacial score (nSPS) is 20.0. The Morgan fingerprint density at radius 2 is 1.68 bits per heavy atom. The maximum absolute atomic E-state index is 12.9. The third-order valence-corrected chi connectivity index (χ3v) is 4.74.